The highest BCUT2D eigenvalue weighted by atomic mass is 16.6. The molecule has 7 nitrogen and oxygen atoms in total. The molecule has 1 saturated heterocycles. The van der Waals surface area contributed by atoms with Gasteiger partial charge >= 0.3 is 5.97 Å². The van der Waals surface area contributed by atoms with Gasteiger partial charge in [0.15, 0.2) is 6.61 Å². The SMILES string of the molecule is C[C@H]1CCCCN1C(=O)COC(=O)c1cccc([N+](=O)[O-])c1. The fourth-order valence-corrected chi connectivity index (χ4v) is 2.51. The number of piperidine rings is 1. The number of ether oxygens (including phenoxy) is 1. The standard InChI is InChI=1S/C15H18N2O5/c1-11-5-2-3-8-16(11)14(18)10-22-15(19)12-6-4-7-13(9-12)17(20)21/h4,6-7,9,11H,2-3,5,8,10H2,1H3/t11-/m0/s1. The van der Waals surface area contributed by atoms with E-state index in [1.807, 2.05) is 6.92 Å². The molecule has 1 aromatic rings. The van der Waals surface area contributed by atoms with Crippen LogP contribution in [0.2, 0.25) is 0 Å². The van der Waals surface area contributed by atoms with Gasteiger partial charge in [0.2, 0.25) is 0 Å². The summed E-state index contributed by atoms with van der Waals surface area (Å²) >= 11 is 0. The van der Waals surface area contributed by atoms with Crippen LogP contribution in [0.15, 0.2) is 24.3 Å². The van der Waals surface area contributed by atoms with E-state index in [-0.39, 0.29) is 29.8 Å². The van der Waals surface area contributed by atoms with Crippen molar-refractivity contribution in [3.05, 3.63) is 39.9 Å². The quantitative estimate of drug-likeness (QED) is 0.483. The second-order valence-electron chi connectivity index (χ2n) is 5.32. The number of esters is 1. The number of benzene rings is 1. The molecule has 118 valence electrons. The van der Waals surface area contributed by atoms with E-state index in [1.165, 1.54) is 18.2 Å². The predicted octanol–water partition coefficient (Wildman–Crippen LogP) is 2.15. The van der Waals surface area contributed by atoms with Crippen molar-refractivity contribution >= 4 is 17.6 Å². The Labute approximate surface area is 128 Å². The Balaban J connectivity index is 1.93. The summed E-state index contributed by atoms with van der Waals surface area (Å²) in [4.78, 5) is 35.7. The minimum absolute atomic E-state index is 0.0636. The largest absolute Gasteiger partial charge is 0.452 e. The summed E-state index contributed by atoms with van der Waals surface area (Å²) in [5, 5.41) is 10.7. The molecule has 0 unspecified atom stereocenters. The zero-order chi connectivity index (χ0) is 16.1. The minimum Gasteiger partial charge on any atom is -0.452 e. The molecule has 1 atom stereocenters. The fraction of sp³-hybridized carbons (Fsp3) is 0.467. The molecule has 1 aliphatic heterocycles. The Morgan fingerprint density at radius 3 is 2.86 bits per heavy atom. The van der Waals surface area contributed by atoms with Crippen LogP contribution in [0.5, 0.6) is 0 Å². The predicted molar refractivity (Wildman–Crippen MR) is 78.4 cm³/mol. The van der Waals surface area contributed by atoms with E-state index >= 15 is 0 Å². The number of amides is 1. The van der Waals surface area contributed by atoms with Crippen molar-refractivity contribution < 1.29 is 19.2 Å². The summed E-state index contributed by atoms with van der Waals surface area (Å²) in [5.74, 6) is -0.965. The molecule has 0 N–H and O–H groups in total. The van der Waals surface area contributed by atoms with Crippen LogP contribution in [-0.2, 0) is 9.53 Å². The lowest BCUT2D eigenvalue weighted by Gasteiger charge is -2.33. The maximum atomic E-state index is 12.1. The number of likely N-dealkylation sites (tertiary alicyclic amines) is 1. The molecule has 1 fully saturated rings. The van der Waals surface area contributed by atoms with E-state index in [0.29, 0.717) is 6.54 Å². The molecule has 1 amide bonds. The normalized spacial score (nSPS) is 17.9. The van der Waals surface area contributed by atoms with Crippen molar-refractivity contribution in [2.75, 3.05) is 13.2 Å². The van der Waals surface area contributed by atoms with E-state index in [2.05, 4.69) is 0 Å². The highest BCUT2D eigenvalue weighted by molar-refractivity contribution is 5.92. The maximum absolute atomic E-state index is 12.1. The van der Waals surface area contributed by atoms with E-state index < -0.39 is 10.9 Å². The Hall–Kier alpha value is -2.44. The van der Waals surface area contributed by atoms with Crippen LogP contribution >= 0.6 is 0 Å². The van der Waals surface area contributed by atoms with E-state index in [1.54, 1.807) is 4.90 Å². The Kier molecular flexibility index (Phi) is 5.08. The molecule has 0 saturated carbocycles. The lowest BCUT2D eigenvalue weighted by atomic mass is 10.0. The molecule has 0 bridgehead atoms. The third-order valence-electron chi connectivity index (χ3n) is 3.74. The van der Waals surface area contributed by atoms with Crippen LogP contribution in [0.3, 0.4) is 0 Å². The van der Waals surface area contributed by atoms with Gasteiger partial charge in [0.05, 0.1) is 10.5 Å². The average Bonchev–Trinajstić information content (AvgIpc) is 2.52. The van der Waals surface area contributed by atoms with Crippen LogP contribution in [-0.4, -0.2) is 40.9 Å². The molecule has 2 rings (SSSR count). The Morgan fingerprint density at radius 2 is 2.18 bits per heavy atom. The van der Waals surface area contributed by atoms with Crippen LogP contribution in [0.4, 0.5) is 5.69 Å². The molecule has 1 aromatic carbocycles. The summed E-state index contributed by atoms with van der Waals surface area (Å²) in [7, 11) is 0. The average molecular weight is 306 g/mol. The van der Waals surface area contributed by atoms with Gasteiger partial charge in [-0.15, -0.1) is 0 Å². The molecule has 0 aromatic heterocycles. The topological polar surface area (TPSA) is 89.8 Å². The molecular formula is C15H18N2O5. The minimum atomic E-state index is -0.735. The van der Waals surface area contributed by atoms with E-state index in [4.69, 9.17) is 4.74 Å². The summed E-state index contributed by atoms with van der Waals surface area (Å²) < 4.78 is 4.97. The highest BCUT2D eigenvalue weighted by Gasteiger charge is 2.24. The van der Waals surface area contributed by atoms with Crippen LogP contribution in [0, 0.1) is 10.1 Å². The van der Waals surface area contributed by atoms with Gasteiger partial charge in [-0.1, -0.05) is 6.07 Å². The van der Waals surface area contributed by atoms with Gasteiger partial charge in [0, 0.05) is 24.7 Å². The van der Waals surface area contributed by atoms with E-state index in [0.717, 1.165) is 25.3 Å². The molecule has 0 spiro atoms. The molecule has 7 heteroatoms. The summed E-state index contributed by atoms with van der Waals surface area (Å²) in [6.45, 7) is 2.31. The first-order valence-corrected chi connectivity index (χ1v) is 7.20. The van der Waals surface area contributed by atoms with Crippen molar-refractivity contribution in [1.29, 1.82) is 0 Å². The monoisotopic (exact) mass is 306 g/mol. The van der Waals surface area contributed by atoms with Crippen molar-refractivity contribution in [2.45, 2.75) is 32.2 Å². The number of hydrogen-bond donors (Lipinski definition) is 0. The number of hydrogen-bond acceptors (Lipinski definition) is 5. The number of nitro benzene ring substituents is 1. The number of carbonyl (C=O) groups is 2. The van der Waals surface area contributed by atoms with Gasteiger partial charge in [0.1, 0.15) is 0 Å². The lowest BCUT2D eigenvalue weighted by molar-refractivity contribution is -0.384. The Morgan fingerprint density at radius 1 is 1.41 bits per heavy atom. The fourth-order valence-electron chi connectivity index (χ4n) is 2.51. The third kappa shape index (κ3) is 3.81. The van der Waals surface area contributed by atoms with Crippen LogP contribution < -0.4 is 0 Å². The molecule has 0 radical (unpaired) electrons. The number of nitrogens with zero attached hydrogens (tertiary/aromatic N) is 2. The van der Waals surface area contributed by atoms with Crippen molar-refractivity contribution in [2.24, 2.45) is 0 Å². The number of non-ortho nitro benzene ring substituents is 1. The van der Waals surface area contributed by atoms with Gasteiger partial charge in [0.25, 0.3) is 11.6 Å². The zero-order valence-electron chi connectivity index (χ0n) is 12.4. The van der Waals surface area contributed by atoms with Crippen molar-refractivity contribution in [1.82, 2.24) is 4.90 Å². The first kappa shape index (κ1) is 15.9. The van der Waals surface area contributed by atoms with Gasteiger partial charge in [-0.2, -0.15) is 0 Å². The summed E-state index contributed by atoms with van der Waals surface area (Å²) in [5.41, 5.74) is -0.126. The Bertz CT molecular complexity index is 587. The van der Waals surface area contributed by atoms with Gasteiger partial charge < -0.3 is 9.64 Å². The summed E-state index contributed by atoms with van der Waals surface area (Å²) in [6, 6.07) is 5.40. The number of rotatable bonds is 4. The van der Waals surface area contributed by atoms with Crippen molar-refractivity contribution in [3.8, 4) is 0 Å². The van der Waals surface area contributed by atoms with Crippen molar-refractivity contribution in [3.63, 3.8) is 0 Å². The zero-order valence-corrected chi connectivity index (χ0v) is 12.4. The van der Waals surface area contributed by atoms with E-state index in [9.17, 15) is 19.7 Å². The van der Waals surface area contributed by atoms with Crippen LogP contribution in [0.25, 0.3) is 0 Å². The van der Waals surface area contributed by atoms with Gasteiger partial charge in [-0.05, 0) is 32.3 Å². The first-order valence-electron chi connectivity index (χ1n) is 7.20. The smallest absolute Gasteiger partial charge is 0.338 e. The molecule has 1 aliphatic rings. The number of carbonyl (C=O) groups excluding carboxylic acids is 2. The lowest BCUT2D eigenvalue weighted by Crippen LogP contribution is -2.44. The van der Waals surface area contributed by atoms with Gasteiger partial charge in [-0.25, -0.2) is 4.79 Å². The molecule has 22 heavy (non-hydrogen) atoms. The first-order chi connectivity index (χ1) is 10.5. The molecule has 0 aliphatic carbocycles. The van der Waals surface area contributed by atoms with Gasteiger partial charge in [-0.3, -0.25) is 14.9 Å². The third-order valence-corrected chi connectivity index (χ3v) is 3.74. The number of nitro groups is 1. The van der Waals surface area contributed by atoms with Crippen LogP contribution in [0.1, 0.15) is 36.5 Å². The maximum Gasteiger partial charge on any atom is 0.338 e. The molecule has 1 heterocycles. The summed E-state index contributed by atoms with van der Waals surface area (Å²) in [6.07, 6.45) is 3.00. The molecular weight excluding hydrogens is 288 g/mol. The second-order valence-corrected chi connectivity index (χ2v) is 5.32. The highest BCUT2D eigenvalue weighted by Crippen LogP contribution is 2.17. The second kappa shape index (κ2) is 7.02.